The van der Waals surface area contributed by atoms with Crippen LogP contribution in [-0.2, 0) is 14.3 Å². The number of fused-ring (bicyclic) bond motifs is 5. The Kier molecular flexibility index (Phi) is 7.00. The van der Waals surface area contributed by atoms with Crippen molar-refractivity contribution in [2.24, 2.45) is 34.5 Å². The number of aliphatic hydroxyl groups is 2. The highest BCUT2D eigenvalue weighted by atomic mass is 32.2. The summed E-state index contributed by atoms with van der Waals surface area (Å²) >= 11 is 0.987. The van der Waals surface area contributed by atoms with E-state index < -0.39 is 28.5 Å². The molecule has 5 rings (SSSR count). The Bertz CT molecular complexity index is 1250. The quantitative estimate of drug-likeness (QED) is 0.438. The molecule has 1 aromatic rings. The third-order valence-electron chi connectivity index (χ3n) is 9.79. The van der Waals surface area contributed by atoms with E-state index in [-0.39, 0.29) is 59.1 Å². The highest BCUT2D eigenvalue weighted by Gasteiger charge is 2.73. The van der Waals surface area contributed by atoms with Crippen LogP contribution in [-0.4, -0.2) is 51.1 Å². The third kappa shape index (κ3) is 3.93. The Morgan fingerprint density at radius 1 is 1.29 bits per heavy atom. The molecule has 1 heterocycles. The lowest BCUT2D eigenvalue weighted by Crippen LogP contribution is -2.63. The summed E-state index contributed by atoms with van der Waals surface area (Å²) in [6.07, 6.45) is 8.41. The van der Waals surface area contributed by atoms with Crippen molar-refractivity contribution in [2.75, 3.05) is 12.4 Å². The first-order valence-corrected chi connectivity index (χ1v) is 14.2. The Labute approximate surface area is 227 Å². The van der Waals surface area contributed by atoms with Crippen LogP contribution in [0.4, 0.5) is 0 Å². The summed E-state index contributed by atoms with van der Waals surface area (Å²) in [6, 6.07) is 3.11. The number of ether oxygens (including phenoxy) is 1. The zero-order valence-electron chi connectivity index (χ0n) is 21.9. The van der Waals surface area contributed by atoms with Crippen molar-refractivity contribution in [2.45, 2.75) is 58.2 Å². The first kappa shape index (κ1) is 27.0. The molecule has 0 amide bonds. The van der Waals surface area contributed by atoms with Gasteiger partial charge in [-0.1, -0.05) is 56.0 Å². The van der Waals surface area contributed by atoms with Gasteiger partial charge in [-0.2, -0.15) is 0 Å². The molecule has 4 aliphatic rings. The molecule has 0 saturated heterocycles. The molecule has 8 atom stereocenters. The van der Waals surface area contributed by atoms with Crippen LogP contribution < -0.4 is 0 Å². The van der Waals surface area contributed by atoms with Gasteiger partial charge in [-0.15, -0.1) is 0 Å². The maximum absolute atomic E-state index is 14.1. The average Bonchev–Trinajstić information content (AvgIpc) is 3.48. The number of ketones is 1. The Morgan fingerprint density at radius 2 is 2.08 bits per heavy atom. The first-order valence-electron chi connectivity index (χ1n) is 13.2. The van der Waals surface area contributed by atoms with E-state index in [1.165, 1.54) is 12.3 Å². The lowest BCUT2D eigenvalue weighted by molar-refractivity contribution is -0.176. The third-order valence-corrected chi connectivity index (χ3v) is 10.6. The monoisotopic (exact) mass is 538 g/mol. The summed E-state index contributed by atoms with van der Waals surface area (Å²) in [5.74, 6) is 4.49. The summed E-state index contributed by atoms with van der Waals surface area (Å²) in [5, 5.41) is 20.5. The molecular formula is C30H34O7S. The van der Waals surface area contributed by atoms with Crippen molar-refractivity contribution in [1.29, 1.82) is 0 Å². The molecule has 0 bridgehead atoms. The molecule has 202 valence electrons. The van der Waals surface area contributed by atoms with E-state index >= 15 is 0 Å². The maximum atomic E-state index is 14.1. The van der Waals surface area contributed by atoms with E-state index in [1.54, 1.807) is 18.2 Å². The second kappa shape index (κ2) is 9.86. The number of allylic oxidation sites excluding steroid dienone is 4. The van der Waals surface area contributed by atoms with Crippen LogP contribution in [0.15, 0.2) is 46.6 Å². The largest absolute Gasteiger partial charge is 0.457 e. The average molecular weight is 539 g/mol. The molecule has 6 unspecified atom stereocenters. The van der Waals surface area contributed by atoms with Crippen molar-refractivity contribution in [3.8, 4) is 11.8 Å². The maximum Gasteiger partial charge on any atom is 0.375 e. The molecule has 4 aliphatic carbocycles. The Morgan fingerprint density at radius 3 is 2.79 bits per heavy atom. The fourth-order valence-electron chi connectivity index (χ4n) is 8.24. The van der Waals surface area contributed by atoms with Crippen LogP contribution in [0.5, 0.6) is 0 Å². The molecule has 8 heteroatoms. The van der Waals surface area contributed by atoms with E-state index in [2.05, 4.69) is 18.8 Å². The predicted molar refractivity (Wildman–Crippen MR) is 142 cm³/mol. The molecule has 0 aromatic carbocycles. The van der Waals surface area contributed by atoms with Gasteiger partial charge in [-0.3, -0.25) is 9.59 Å². The van der Waals surface area contributed by atoms with Crippen LogP contribution in [0.3, 0.4) is 0 Å². The van der Waals surface area contributed by atoms with Crippen LogP contribution in [0.25, 0.3) is 0 Å². The molecule has 2 N–H and O–H groups in total. The van der Waals surface area contributed by atoms with Gasteiger partial charge in [-0.05, 0) is 61.8 Å². The van der Waals surface area contributed by atoms with E-state index in [9.17, 15) is 19.5 Å². The number of esters is 1. The minimum absolute atomic E-state index is 0.0173. The molecular weight excluding hydrogens is 504 g/mol. The highest BCUT2D eigenvalue weighted by molar-refractivity contribution is 8.14. The number of thioether (sulfide) groups is 1. The van der Waals surface area contributed by atoms with E-state index in [4.69, 9.17) is 14.3 Å². The molecule has 38 heavy (non-hydrogen) atoms. The normalized spacial score (nSPS) is 39.2. The second-order valence-electron chi connectivity index (χ2n) is 11.5. The van der Waals surface area contributed by atoms with Gasteiger partial charge in [0.25, 0.3) is 0 Å². The summed E-state index contributed by atoms with van der Waals surface area (Å²) < 4.78 is 11.5. The fourth-order valence-corrected chi connectivity index (χ4v) is 9.24. The van der Waals surface area contributed by atoms with E-state index in [0.29, 0.717) is 6.42 Å². The lowest BCUT2D eigenvalue weighted by atomic mass is 9.46. The molecule has 7 nitrogen and oxygen atoms in total. The zero-order valence-corrected chi connectivity index (χ0v) is 22.8. The van der Waals surface area contributed by atoms with E-state index in [1.807, 2.05) is 19.9 Å². The standard InChI is InChI=1S/C30H34O7S/c1-18-15-22-21-9-8-19-16-20(32)10-11-28(19,2)25(21)23(33)17-29(22,3)30(18,27(35)38-14-5-4-12-31)37-26(34)24-7-6-13-36-24/h6-7,10-11,13,16,18,21-23,25,31,33H,8-9,12,14-15,17H2,1-3H3/t18-,21?,22?,23?,25?,28?,29?,30+/m1/s1. The van der Waals surface area contributed by atoms with Crippen molar-refractivity contribution < 1.29 is 33.8 Å². The van der Waals surface area contributed by atoms with Crippen molar-refractivity contribution >= 4 is 28.6 Å². The zero-order chi connectivity index (χ0) is 27.3. The number of aliphatic hydroxyl groups excluding tert-OH is 2. The molecule has 0 aliphatic heterocycles. The summed E-state index contributed by atoms with van der Waals surface area (Å²) in [6.45, 7) is 5.75. The molecule has 1 aromatic heterocycles. The molecule has 0 radical (unpaired) electrons. The number of carbonyl (C=O) groups is 3. The van der Waals surface area contributed by atoms with Gasteiger partial charge >= 0.3 is 5.97 Å². The van der Waals surface area contributed by atoms with Gasteiger partial charge in [0.1, 0.15) is 6.61 Å². The predicted octanol–water partition coefficient (Wildman–Crippen LogP) is 3.96. The minimum atomic E-state index is -1.49. The SMILES string of the molecule is C[C@@H]1CC2C3CCC4=CC(=O)C=CC4(C)C3C(O)CC2(C)[C@@]1(OC(=O)c1ccco1)C(=O)SCC#CCO. The van der Waals surface area contributed by atoms with Crippen molar-refractivity contribution in [1.82, 2.24) is 0 Å². The van der Waals surface area contributed by atoms with Crippen molar-refractivity contribution in [3.63, 3.8) is 0 Å². The van der Waals surface area contributed by atoms with Gasteiger partial charge in [0.2, 0.25) is 10.9 Å². The Hall–Kier alpha value is -2.60. The van der Waals surface area contributed by atoms with Gasteiger partial charge < -0.3 is 19.4 Å². The van der Waals surface area contributed by atoms with Crippen LogP contribution in [0.2, 0.25) is 0 Å². The molecule has 3 fully saturated rings. The first-order chi connectivity index (χ1) is 18.1. The number of carbonyl (C=O) groups excluding carboxylic acids is 3. The van der Waals surface area contributed by atoms with E-state index in [0.717, 1.165) is 30.2 Å². The molecule has 0 spiro atoms. The number of hydrogen-bond acceptors (Lipinski definition) is 8. The highest BCUT2D eigenvalue weighted by Crippen LogP contribution is 2.69. The van der Waals surface area contributed by atoms with Gasteiger partial charge in [-0.25, -0.2) is 4.79 Å². The number of furan rings is 1. The van der Waals surface area contributed by atoms with Gasteiger partial charge in [0.15, 0.2) is 11.4 Å². The summed E-state index contributed by atoms with van der Waals surface area (Å²) in [7, 11) is 0. The smallest absolute Gasteiger partial charge is 0.375 e. The van der Waals surface area contributed by atoms with Crippen LogP contribution in [0, 0.1) is 46.3 Å². The van der Waals surface area contributed by atoms with Crippen LogP contribution >= 0.6 is 11.8 Å². The van der Waals surface area contributed by atoms with Crippen LogP contribution in [0.1, 0.15) is 57.0 Å². The summed E-state index contributed by atoms with van der Waals surface area (Å²) in [5.41, 5.74) is -1.69. The Balaban J connectivity index is 1.55. The fraction of sp³-hybridized carbons (Fsp3) is 0.567. The van der Waals surface area contributed by atoms with Gasteiger partial charge in [0.05, 0.1) is 18.1 Å². The molecule has 3 saturated carbocycles. The lowest BCUT2D eigenvalue weighted by Gasteiger charge is -2.59. The van der Waals surface area contributed by atoms with Crippen molar-refractivity contribution in [3.05, 3.63) is 48.0 Å². The topological polar surface area (TPSA) is 114 Å². The van der Waals surface area contributed by atoms with Gasteiger partial charge in [0, 0.05) is 22.7 Å². The second-order valence-corrected chi connectivity index (χ2v) is 12.5. The minimum Gasteiger partial charge on any atom is -0.457 e. The summed E-state index contributed by atoms with van der Waals surface area (Å²) in [4.78, 5) is 39.5. The number of rotatable bonds is 4. The number of hydrogen-bond donors (Lipinski definition) is 2.